The van der Waals surface area contributed by atoms with Gasteiger partial charge in [-0.05, 0) is 19.8 Å². The normalized spacial score (nSPS) is 17.8. The lowest BCUT2D eigenvalue weighted by atomic mass is 10.1. The van der Waals surface area contributed by atoms with E-state index < -0.39 is 0 Å². The molecule has 0 unspecified atom stereocenters. The topological polar surface area (TPSA) is 69.5 Å². The Bertz CT molecular complexity index is 362. The lowest BCUT2D eigenvalue weighted by Gasteiger charge is -2.29. The van der Waals surface area contributed by atoms with Crippen LogP contribution in [0.3, 0.4) is 0 Å². The number of hydrogen-bond acceptors (Lipinski definition) is 5. The third-order valence-electron chi connectivity index (χ3n) is 2.99. The first-order valence-electron chi connectivity index (χ1n) is 5.57. The molecule has 88 valence electrons. The monoisotopic (exact) mass is 223 g/mol. The Hall–Kier alpha value is -1.20. The van der Waals surface area contributed by atoms with Crippen LogP contribution in [0.1, 0.15) is 24.1 Å². The molecule has 1 aromatic rings. The number of aryl methyl sites for hydroxylation is 1. The summed E-state index contributed by atoms with van der Waals surface area (Å²) in [4.78, 5) is 10.7. The minimum Gasteiger partial charge on any atom is -0.393 e. The second kappa shape index (κ2) is 4.76. The Morgan fingerprint density at radius 3 is 2.69 bits per heavy atom. The summed E-state index contributed by atoms with van der Waals surface area (Å²) in [7, 11) is 0. The van der Waals surface area contributed by atoms with Crippen LogP contribution in [0.5, 0.6) is 0 Å². The highest BCUT2D eigenvalue weighted by Gasteiger charge is 2.19. The van der Waals surface area contributed by atoms with Gasteiger partial charge in [-0.2, -0.15) is 0 Å². The minimum absolute atomic E-state index is 0.0230. The van der Waals surface area contributed by atoms with Crippen LogP contribution in [0, 0.1) is 6.92 Å². The first kappa shape index (κ1) is 11.3. The van der Waals surface area contributed by atoms with E-state index in [-0.39, 0.29) is 12.7 Å². The number of aliphatic hydroxyl groups excluding tert-OH is 2. The van der Waals surface area contributed by atoms with Gasteiger partial charge in [0.05, 0.1) is 12.7 Å². The molecule has 1 saturated heterocycles. The summed E-state index contributed by atoms with van der Waals surface area (Å²) in [5, 5.41) is 18.4. The Morgan fingerprint density at radius 2 is 2.12 bits per heavy atom. The molecule has 0 bridgehead atoms. The van der Waals surface area contributed by atoms with Crippen molar-refractivity contribution >= 4 is 5.95 Å². The molecular formula is C11H17N3O2. The van der Waals surface area contributed by atoms with E-state index in [1.165, 1.54) is 0 Å². The van der Waals surface area contributed by atoms with E-state index in [2.05, 4.69) is 14.9 Å². The maximum absolute atomic E-state index is 9.41. The highest BCUT2D eigenvalue weighted by Crippen LogP contribution is 2.17. The Labute approximate surface area is 94.8 Å². The van der Waals surface area contributed by atoms with Gasteiger partial charge >= 0.3 is 0 Å². The average molecular weight is 223 g/mol. The number of aliphatic hydroxyl groups is 2. The first-order chi connectivity index (χ1) is 7.70. The number of rotatable bonds is 2. The third-order valence-corrected chi connectivity index (χ3v) is 2.99. The summed E-state index contributed by atoms with van der Waals surface area (Å²) < 4.78 is 0. The molecule has 0 atom stereocenters. The number of piperidine rings is 1. The van der Waals surface area contributed by atoms with Crippen molar-refractivity contribution in [1.82, 2.24) is 9.97 Å². The molecule has 1 aliphatic heterocycles. The van der Waals surface area contributed by atoms with Gasteiger partial charge in [0, 0.05) is 30.5 Å². The van der Waals surface area contributed by atoms with Crippen molar-refractivity contribution in [2.24, 2.45) is 0 Å². The van der Waals surface area contributed by atoms with E-state index in [1.54, 1.807) is 6.20 Å². The minimum atomic E-state index is -0.186. The fourth-order valence-electron chi connectivity index (χ4n) is 1.85. The molecule has 5 heteroatoms. The molecule has 5 nitrogen and oxygen atoms in total. The van der Waals surface area contributed by atoms with E-state index in [9.17, 15) is 5.11 Å². The van der Waals surface area contributed by atoms with E-state index in [0.717, 1.165) is 37.2 Å². The molecular weight excluding hydrogens is 206 g/mol. The van der Waals surface area contributed by atoms with Gasteiger partial charge in [-0.25, -0.2) is 9.97 Å². The maximum atomic E-state index is 9.41. The number of nitrogens with zero attached hydrogens (tertiary/aromatic N) is 3. The highest BCUT2D eigenvalue weighted by atomic mass is 16.3. The predicted molar refractivity (Wildman–Crippen MR) is 60.1 cm³/mol. The van der Waals surface area contributed by atoms with Crippen LogP contribution in [0.15, 0.2) is 6.20 Å². The molecule has 1 fully saturated rings. The van der Waals surface area contributed by atoms with Crippen molar-refractivity contribution < 1.29 is 10.2 Å². The molecule has 0 aliphatic carbocycles. The lowest BCUT2D eigenvalue weighted by molar-refractivity contribution is 0.145. The van der Waals surface area contributed by atoms with Crippen LogP contribution in [-0.4, -0.2) is 39.4 Å². The van der Waals surface area contributed by atoms with Crippen molar-refractivity contribution in [1.29, 1.82) is 0 Å². The van der Waals surface area contributed by atoms with Crippen molar-refractivity contribution in [3.63, 3.8) is 0 Å². The largest absolute Gasteiger partial charge is 0.393 e. The van der Waals surface area contributed by atoms with E-state index in [0.29, 0.717) is 5.95 Å². The molecule has 16 heavy (non-hydrogen) atoms. The van der Waals surface area contributed by atoms with Crippen molar-refractivity contribution in [3.05, 3.63) is 17.5 Å². The van der Waals surface area contributed by atoms with Gasteiger partial charge in [0.2, 0.25) is 5.95 Å². The quantitative estimate of drug-likeness (QED) is 0.751. The molecule has 2 rings (SSSR count). The van der Waals surface area contributed by atoms with Gasteiger partial charge in [-0.15, -0.1) is 0 Å². The van der Waals surface area contributed by atoms with Crippen LogP contribution in [0.4, 0.5) is 5.95 Å². The fourth-order valence-corrected chi connectivity index (χ4v) is 1.85. The van der Waals surface area contributed by atoms with E-state index in [4.69, 9.17) is 5.11 Å². The summed E-state index contributed by atoms with van der Waals surface area (Å²) in [6.45, 7) is 3.43. The average Bonchev–Trinajstić information content (AvgIpc) is 2.30. The van der Waals surface area contributed by atoms with Gasteiger partial charge in [0.25, 0.3) is 0 Å². The van der Waals surface area contributed by atoms with Crippen LogP contribution < -0.4 is 4.90 Å². The smallest absolute Gasteiger partial charge is 0.225 e. The Balaban J connectivity index is 2.12. The van der Waals surface area contributed by atoms with Gasteiger partial charge in [0.15, 0.2) is 0 Å². The second-order valence-electron chi connectivity index (χ2n) is 4.16. The SMILES string of the molecule is Cc1nc(N2CCC(O)CC2)ncc1CO. The number of aromatic nitrogens is 2. The zero-order chi connectivity index (χ0) is 11.5. The molecule has 1 aliphatic rings. The standard InChI is InChI=1S/C11H17N3O2/c1-8-9(7-15)6-12-11(13-8)14-4-2-10(16)3-5-14/h6,10,15-16H,2-5,7H2,1H3. The van der Waals surface area contributed by atoms with Gasteiger partial charge < -0.3 is 15.1 Å². The molecule has 0 aromatic carbocycles. The van der Waals surface area contributed by atoms with Crippen molar-refractivity contribution in [2.45, 2.75) is 32.5 Å². The van der Waals surface area contributed by atoms with E-state index in [1.807, 2.05) is 6.92 Å². The van der Waals surface area contributed by atoms with Crippen LogP contribution in [0.25, 0.3) is 0 Å². The first-order valence-corrected chi connectivity index (χ1v) is 5.57. The van der Waals surface area contributed by atoms with Crippen LogP contribution in [-0.2, 0) is 6.61 Å². The zero-order valence-corrected chi connectivity index (χ0v) is 9.43. The van der Waals surface area contributed by atoms with E-state index >= 15 is 0 Å². The second-order valence-corrected chi connectivity index (χ2v) is 4.16. The Morgan fingerprint density at radius 1 is 1.44 bits per heavy atom. The van der Waals surface area contributed by atoms with Crippen LogP contribution >= 0.6 is 0 Å². The molecule has 0 amide bonds. The summed E-state index contributed by atoms with van der Waals surface area (Å²) in [6, 6.07) is 0. The summed E-state index contributed by atoms with van der Waals surface area (Å²) in [6.07, 6.45) is 3.02. The number of anilines is 1. The van der Waals surface area contributed by atoms with Crippen LogP contribution in [0.2, 0.25) is 0 Å². The third kappa shape index (κ3) is 2.31. The molecule has 2 N–H and O–H groups in total. The molecule has 1 aromatic heterocycles. The summed E-state index contributed by atoms with van der Waals surface area (Å²) in [5.41, 5.74) is 1.58. The molecule has 0 spiro atoms. The summed E-state index contributed by atoms with van der Waals surface area (Å²) in [5.74, 6) is 0.696. The summed E-state index contributed by atoms with van der Waals surface area (Å²) >= 11 is 0. The highest BCUT2D eigenvalue weighted by molar-refractivity contribution is 5.33. The van der Waals surface area contributed by atoms with Gasteiger partial charge in [-0.3, -0.25) is 0 Å². The molecule has 0 saturated carbocycles. The molecule has 2 heterocycles. The zero-order valence-electron chi connectivity index (χ0n) is 9.43. The number of hydrogen-bond donors (Lipinski definition) is 2. The van der Waals surface area contributed by atoms with Gasteiger partial charge in [-0.1, -0.05) is 0 Å². The lowest BCUT2D eigenvalue weighted by Crippen LogP contribution is -2.37. The van der Waals surface area contributed by atoms with Gasteiger partial charge in [0.1, 0.15) is 0 Å². The predicted octanol–water partition coefficient (Wildman–Crippen LogP) is 0.238. The maximum Gasteiger partial charge on any atom is 0.225 e. The Kier molecular flexibility index (Phi) is 3.36. The molecule has 0 radical (unpaired) electrons. The fraction of sp³-hybridized carbons (Fsp3) is 0.636. The van der Waals surface area contributed by atoms with Crippen molar-refractivity contribution in [2.75, 3.05) is 18.0 Å². The van der Waals surface area contributed by atoms with Crippen molar-refractivity contribution in [3.8, 4) is 0 Å².